The van der Waals surface area contributed by atoms with Crippen LogP contribution in [0.25, 0.3) is 21.4 Å². The van der Waals surface area contributed by atoms with Gasteiger partial charge in [-0.05, 0) is 55.9 Å². The monoisotopic (exact) mass is 721 g/mol. The molecule has 0 saturated carbocycles. The van der Waals surface area contributed by atoms with Crippen molar-refractivity contribution < 1.29 is 32.3 Å². The minimum atomic E-state index is -4.56. The molecule has 0 radical (unpaired) electrons. The molecule has 0 spiro atoms. The van der Waals surface area contributed by atoms with Crippen LogP contribution in [-0.2, 0) is 6.18 Å². The van der Waals surface area contributed by atoms with Gasteiger partial charge in [-0.3, -0.25) is 4.79 Å². The fraction of sp³-hybridized carbons (Fsp3) is 0.457. The Bertz CT molecular complexity index is 1720. The predicted octanol–water partition coefficient (Wildman–Crippen LogP) is 10.2. The van der Waals surface area contributed by atoms with Crippen LogP contribution in [0.5, 0.6) is 0 Å². The molecule has 48 heavy (non-hydrogen) atoms. The van der Waals surface area contributed by atoms with Gasteiger partial charge in [0.1, 0.15) is 11.3 Å². The number of thioether (sulfide) groups is 1. The third-order valence-electron chi connectivity index (χ3n) is 8.12. The Morgan fingerprint density at radius 2 is 1.81 bits per heavy atom. The molecule has 0 aliphatic carbocycles. The summed E-state index contributed by atoms with van der Waals surface area (Å²) in [5.74, 6) is 0.505. The maximum Gasteiger partial charge on any atom is 0.420 e. The average molecular weight is 722 g/mol. The molecule has 1 saturated heterocycles. The highest BCUT2D eigenvalue weighted by molar-refractivity contribution is 7.99. The summed E-state index contributed by atoms with van der Waals surface area (Å²) in [6.45, 7) is 6.23. The Kier molecular flexibility index (Phi) is 14.2. The number of furan rings is 1. The molecule has 1 atom stereocenters. The van der Waals surface area contributed by atoms with Crippen molar-refractivity contribution in [1.82, 2.24) is 15.2 Å². The summed E-state index contributed by atoms with van der Waals surface area (Å²) >= 11 is 8.72. The molecular formula is C35H42F3N3O4S3. The van der Waals surface area contributed by atoms with Gasteiger partial charge in [-0.2, -0.15) is 13.2 Å². The van der Waals surface area contributed by atoms with Crippen LogP contribution < -0.4 is 5.32 Å². The lowest BCUT2D eigenvalue weighted by Gasteiger charge is -2.24. The van der Waals surface area contributed by atoms with Crippen LogP contribution in [0, 0.1) is 10.9 Å². The number of carboxylic acids is 1. The second-order valence-electron chi connectivity index (χ2n) is 11.8. The van der Waals surface area contributed by atoms with E-state index >= 15 is 0 Å². The number of carbonyl (C=O) groups excluding carboxylic acids is 1. The Balaban J connectivity index is 0.000000271. The van der Waals surface area contributed by atoms with E-state index in [0.29, 0.717) is 15.7 Å². The van der Waals surface area contributed by atoms with Crippen molar-refractivity contribution >= 4 is 58.2 Å². The lowest BCUT2D eigenvalue weighted by atomic mass is 10.1. The van der Waals surface area contributed by atoms with E-state index in [2.05, 4.69) is 46.8 Å². The van der Waals surface area contributed by atoms with Crippen molar-refractivity contribution in [2.75, 3.05) is 24.7 Å². The molecule has 260 valence electrons. The van der Waals surface area contributed by atoms with E-state index in [1.807, 2.05) is 22.7 Å². The number of aromatic carboxylic acids is 1. The summed E-state index contributed by atoms with van der Waals surface area (Å²) in [6, 6.07) is 11.3. The molecule has 7 nitrogen and oxygen atoms in total. The van der Waals surface area contributed by atoms with Gasteiger partial charge in [0.05, 0.1) is 34.2 Å². The van der Waals surface area contributed by atoms with E-state index in [4.69, 9.17) is 17.3 Å². The molecule has 13 heteroatoms. The molecule has 3 heterocycles. The normalized spacial score (nSPS) is 14.7. The highest BCUT2D eigenvalue weighted by atomic mass is 32.2. The van der Waals surface area contributed by atoms with Gasteiger partial charge < -0.3 is 24.7 Å². The van der Waals surface area contributed by atoms with Crippen molar-refractivity contribution in [3.63, 3.8) is 0 Å². The summed E-state index contributed by atoms with van der Waals surface area (Å²) in [4.78, 5) is 30.3. The number of halogens is 3. The standard InChI is InChI=1S/C25H37N3OS3.C10H5F3O3/c1-3-4-5-6-7-8-9-10-14-26-16-21-17-31-18-28(21)24(29)22-23(32-25(30)27-22)20-13-11-12-19(2)15-20;11-10(12,13)7-2-1-6(9(14)15)5-3-4-16-8(5)7/h11-13,15,21,26H,3-10,14,16-18H2,1-2H3,(H,27,30);1-4H,(H,14,15)/t21-;/m1./s1. The van der Waals surface area contributed by atoms with E-state index in [0.717, 1.165) is 47.5 Å². The Morgan fingerprint density at radius 1 is 1.08 bits per heavy atom. The highest BCUT2D eigenvalue weighted by Crippen LogP contribution is 2.36. The smallest absolute Gasteiger partial charge is 0.420 e. The number of hydrogen-bond acceptors (Lipinski definition) is 7. The maximum absolute atomic E-state index is 13.4. The molecule has 2 aromatic heterocycles. The van der Waals surface area contributed by atoms with Crippen LogP contribution in [0.3, 0.4) is 0 Å². The topological polar surface area (TPSA) is 98.6 Å². The molecule has 4 aromatic rings. The first-order chi connectivity index (χ1) is 23.0. The van der Waals surface area contributed by atoms with Gasteiger partial charge in [0.25, 0.3) is 5.91 Å². The average Bonchev–Trinajstić information content (AvgIpc) is 3.81. The van der Waals surface area contributed by atoms with Crippen molar-refractivity contribution in [2.45, 2.75) is 77.4 Å². The number of alkyl halides is 3. The highest BCUT2D eigenvalue weighted by Gasteiger charge is 2.35. The first kappa shape index (κ1) is 37.7. The summed E-state index contributed by atoms with van der Waals surface area (Å²) in [5, 5.41) is 12.3. The third-order valence-corrected chi connectivity index (χ3v) is 10.5. The molecule has 1 aliphatic rings. The molecule has 0 bridgehead atoms. The zero-order valence-electron chi connectivity index (χ0n) is 27.2. The van der Waals surface area contributed by atoms with Gasteiger partial charge in [0, 0.05) is 17.7 Å². The van der Waals surface area contributed by atoms with Crippen LogP contribution in [0.15, 0.2) is 53.1 Å². The largest absolute Gasteiger partial charge is 0.478 e. The van der Waals surface area contributed by atoms with E-state index < -0.39 is 23.3 Å². The molecule has 5 rings (SSSR count). The van der Waals surface area contributed by atoms with Crippen molar-refractivity contribution in [3.8, 4) is 10.4 Å². The van der Waals surface area contributed by atoms with Crippen LogP contribution in [-0.4, -0.2) is 57.6 Å². The van der Waals surface area contributed by atoms with Crippen molar-refractivity contribution in [1.29, 1.82) is 0 Å². The molecule has 1 fully saturated rings. The fourth-order valence-corrected chi connectivity index (χ4v) is 7.99. The number of carbonyl (C=O) groups is 2. The predicted molar refractivity (Wildman–Crippen MR) is 191 cm³/mol. The van der Waals surface area contributed by atoms with E-state index in [9.17, 15) is 22.8 Å². The van der Waals surface area contributed by atoms with E-state index in [-0.39, 0.29) is 22.9 Å². The lowest BCUT2D eigenvalue weighted by molar-refractivity contribution is -0.136. The van der Waals surface area contributed by atoms with Gasteiger partial charge in [-0.15, -0.1) is 23.1 Å². The van der Waals surface area contributed by atoms with Crippen LogP contribution in [0.1, 0.15) is 90.3 Å². The molecule has 1 aliphatic heterocycles. The molecule has 0 unspecified atom stereocenters. The number of rotatable bonds is 14. The summed E-state index contributed by atoms with van der Waals surface area (Å²) in [7, 11) is 0. The second kappa shape index (κ2) is 18.0. The van der Waals surface area contributed by atoms with Gasteiger partial charge in [0.15, 0.2) is 3.95 Å². The number of carboxylic acid groups (broad SMARTS) is 1. The van der Waals surface area contributed by atoms with Crippen LogP contribution in [0.4, 0.5) is 13.2 Å². The number of amides is 1. The van der Waals surface area contributed by atoms with Crippen molar-refractivity contribution in [3.05, 3.63) is 75.1 Å². The minimum Gasteiger partial charge on any atom is -0.478 e. The number of H-pyrrole nitrogens is 1. The molecule has 3 N–H and O–H groups in total. The van der Waals surface area contributed by atoms with Gasteiger partial charge in [-0.25, -0.2) is 4.79 Å². The fourth-order valence-electron chi connectivity index (χ4n) is 5.61. The zero-order chi connectivity index (χ0) is 34.7. The first-order valence-corrected chi connectivity index (χ1v) is 18.6. The number of thiazole rings is 1. The summed E-state index contributed by atoms with van der Waals surface area (Å²) in [5.41, 5.74) is 1.24. The summed E-state index contributed by atoms with van der Waals surface area (Å²) in [6.07, 6.45) is 7.16. The maximum atomic E-state index is 13.4. The van der Waals surface area contributed by atoms with E-state index in [1.165, 1.54) is 74.3 Å². The number of nitrogens with zero attached hydrogens (tertiary/aromatic N) is 1. The number of aromatic amines is 1. The second-order valence-corrected chi connectivity index (χ2v) is 14.5. The van der Waals surface area contributed by atoms with Gasteiger partial charge in [0.2, 0.25) is 0 Å². The van der Waals surface area contributed by atoms with Crippen molar-refractivity contribution in [2.24, 2.45) is 0 Å². The number of aromatic nitrogens is 1. The number of fused-ring (bicyclic) bond motifs is 1. The number of unbranched alkanes of at least 4 members (excludes halogenated alkanes) is 7. The Hall–Kier alpha value is -3.13. The third kappa shape index (κ3) is 10.2. The van der Waals surface area contributed by atoms with Crippen LogP contribution in [0.2, 0.25) is 0 Å². The molecule has 1 amide bonds. The van der Waals surface area contributed by atoms with Gasteiger partial charge in [-0.1, -0.05) is 81.7 Å². The first-order valence-electron chi connectivity index (χ1n) is 16.2. The molecule has 2 aromatic carbocycles. The summed E-state index contributed by atoms with van der Waals surface area (Å²) < 4.78 is 42.9. The number of benzene rings is 2. The quantitative estimate of drug-likeness (QED) is 0.0881. The number of nitrogens with one attached hydrogen (secondary N) is 2. The lowest BCUT2D eigenvalue weighted by Crippen LogP contribution is -2.43. The Morgan fingerprint density at radius 3 is 2.50 bits per heavy atom. The minimum absolute atomic E-state index is 0.0534. The Labute approximate surface area is 292 Å². The number of hydrogen-bond donors (Lipinski definition) is 3. The van der Waals surface area contributed by atoms with E-state index in [1.54, 1.807) is 0 Å². The number of aryl methyl sites for hydroxylation is 1. The van der Waals surface area contributed by atoms with Gasteiger partial charge >= 0.3 is 12.1 Å². The molecular weight excluding hydrogens is 680 g/mol. The van der Waals surface area contributed by atoms with Crippen LogP contribution >= 0.6 is 35.3 Å². The zero-order valence-corrected chi connectivity index (χ0v) is 29.6. The SMILES string of the molecule is CCCCCCCCCCNC[C@@H]1CSCN1C(=O)c1[nH]c(=S)sc1-c1cccc(C)c1.O=C(O)c1ccc(C(F)(F)F)c2occc12.